The second-order valence-electron chi connectivity index (χ2n) is 15.1. The first-order chi connectivity index (χ1) is 30.7. The average Bonchev–Trinajstić information content (AvgIpc) is 3.90. The van der Waals surface area contributed by atoms with Crippen molar-refractivity contribution in [2.45, 2.75) is 0 Å². The van der Waals surface area contributed by atoms with Crippen LogP contribution in [0.5, 0.6) is 0 Å². The number of fused-ring (bicyclic) bond motifs is 6. The van der Waals surface area contributed by atoms with Gasteiger partial charge in [-0.1, -0.05) is 152 Å². The molecule has 0 saturated carbocycles. The molecule has 0 saturated heterocycles. The molecule has 8 heteroatoms. The van der Waals surface area contributed by atoms with Crippen LogP contribution in [0.1, 0.15) is 0 Å². The van der Waals surface area contributed by atoms with E-state index >= 15 is 0 Å². The molecule has 12 rings (SSSR count). The number of para-hydroxylation sites is 2. The molecule has 0 aliphatic rings. The summed E-state index contributed by atoms with van der Waals surface area (Å²) in [6, 6.07) is 68.8. The van der Waals surface area contributed by atoms with E-state index in [0.717, 1.165) is 59.2 Å². The number of aromatic nitrogens is 7. The smallest absolute Gasteiger partial charge is 0.165 e. The molecule has 4 aromatic heterocycles. The Morgan fingerprint density at radius 1 is 0.306 bits per heavy atom. The van der Waals surface area contributed by atoms with Crippen molar-refractivity contribution in [3.63, 3.8) is 0 Å². The van der Waals surface area contributed by atoms with Gasteiger partial charge in [-0.05, 0) is 48.5 Å². The zero-order valence-corrected chi connectivity index (χ0v) is 33.9. The fraction of sp³-hybridized carbons (Fsp3) is 0. The van der Waals surface area contributed by atoms with Gasteiger partial charge in [0.05, 0.1) is 11.0 Å². The summed E-state index contributed by atoms with van der Waals surface area (Å²) in [7, 11) is 0. The van der Waals surface area contributed by atoms with Gasteiger partial charge in [0.25, 0.3) is 0 Å². The molecule has 0 amide bonds. The van der Waals surface area contributed by atoms with Gasteiger partial charge in [-0.2, -0.15) is 0 Å². The van der Waals surface area contributed by atoms with Gasteiger partial charge in [-0.15, -0.1) is 11.3 Å². The third-order valence-electron chi connectivity index (χ3n) is 11.3. The molecule has 0 atom stereocenters. The maximum atomic E-state index is 5.14. The highest BCUT2D eigenvalue weighted by molar-refractivity contribution is 7.26. The fourth-order valence-electron chi connectivity index (χ4n) is 8.35. The minimum atomic E-state index is 0.609. The van der Waals surface area contributed by atoms with Gasteiger partial charge in [-0.25, -0.2) is 29.9 Å². The predicted octanol–water partition coefficient (Wildman–Crippen LogP) is 13.5. The van der Waals surface area contributed by atoms with Crippen LogP contribution in [-0.4, -0.2) is 34.5 Å². The zero-order valence-electron chi connectivity index (χ0n) is 33.1. The maximum absolute atomic E-state index is 5.14. The first-order valence-electron chi connectivity index (χ1n) is 20.5. The molecule has 4 heterocycles. The summed E-state index contributed by atoms with van der Waals surface area (Å²) in [6.07, 6.45) is 0. The third-order valence-corrected chi connectivity index (χ3v) is 12.5. The molecule has 62 heavy (non-hydrogen) atoms. The van der Waals surface area contributed by atoms with Gasteiger partial charge in [0.15, 0.2) is 34.9 Å². The van der Waals surface area contributed by atoms with Crippen LogP contribution < -0.4 is 0 Å². The summed E-state index contributed by atoms with van der Waals surface area (Å²) in [6.45, 7) is 0. The van der Waals surface area contributed by atoms with E-state index in [0.29, 0.717) is 34.9 Å². The van der Waals surface area contributed by atoms with E-state index in [-0.39, 0.29) is 0 Å². The van der Waals surface area contributed by atoms with Gasteiger partial charge in [0.1, 0.15) is 0 Å². The van der Waals surface area contributed by atoms with Crippen molar-refractivity contribution in [2.24, 2.45) is 0 Å². The highest BCUT2D eigenvalue weighted by Gasteiger charge is 2.19. The normalized spacial score (nSPS) is 11.5. The summed E-state index contributed by atoms with van der Waals surface area (Å²) in [4.78, 5) is 30.3. The summed E-state index contributed by atoms with van der Waals surface area (Å²) >= 11 is 1.72. The molecule has 290 valence electrons. The number of nitrogens with zero attached hydrogens (tertiary/aromatic N) is 7. The van der Waals surface area contributed by atoms with Crippen molar-refractivity contribution in [3.05, 3.63) is 200 Å². The largest absolute Gasteiger partial charge is 0.309 e. The molecule has 0 bridgehead atoms. The Kier molecular flexibility index (Phi) is 8.53. The number of rotatable bonds is 7. The molecule has 0 radical (unpaired) electrons. The third kappa shape index (κ3) is 6.20. The van der Waals surface area contributed by atoms with Crippen LogP contribution in [-0.2, 0) is 0 Å². The molecule has 12 aromatic rings. The van der Waals surface area contributed by atoms with Gasteiger partial charge < -0.3 is 4.57 Å². The standard InChI is InChI=1S/C54H33N7S/c1-4-15-34(16-5-1)49-55-52(37-27-30-39(31-28-37)61-45-25-12-10-21-40(45)41-22-11-13-26-46(41)61)58-53(57-49)38-29-32-42-43-23-14-24-44(48(43)62-47(42)33-38)54-59-50(35-17-6-2-7-18-35)56-51(60-54)36-19-8-3-9-20-36/h1-33H. The first kappa shape index (κ1) is 35.7. The van der Waals surface area contributed by atoms with Gasteiger partial charge >= 0.3 is 0 Å². The van der Waals surface area contributed by atoms with Crippen LogP contribution in [0, 0.1) is 0 Å². The average molecular weight is 812 g/mol. The Labute approximate surface area is 360 Å². The molecule has 0 unspecified atom stereocenters. The van der Waals surface area contributed by atoms with Crippen LogP contribution in [0.3, 0.4) is 0 Å². The van der Waals surface area contributed by atoms with Crippen molar-refractivity contribution in [1.29, 1.82) is 0 Å². The van der Waals surface area contributed by atoms with Gasteiger partial charge in [0, 0.05) is 70.0 Å². The zero-order chi connectivity index (χ0) is 41.0. The highest BCUT2D eigenvalue weighted by Crippen LogP contribution is 2.41. The van der Waals surface area contributed by atoms with Gasteiger partial charge in [0.2, 0.25) is 0 Å². The Morgan fingerprint density at radius 2 is 0.726 bits per heavy atom. The Bertz CT molecular complexity index is 3510. The second kappa shape index (κ2) is 14.8. The summed E-state index contributed by atoms with van der Waals surface area (Å²) < 4.78 is 4.54. The van der Waals surface area contributed by atoms with E-state index in [1.807, 2.05) is 91.0 Å². The molecule has 7 nitrogen and oxygen atoms in total. The lowest BCUT2D eigenvalue weighted by atomic mass is 10.1. The number of benzene rings is 8. The topological polar surface area (TPSA) is 82.3 Å². The first-order valence-corrected chi connectivity index (χ1v) is 21.3. The molecule has 0 aliphatic carbocycles. The lowest BCUT2D eigenvalue weighted by molar-refractivity contribution is 1.07. The van der Waals surface area contributed by atoms with Crippen molar-refractivity contribution < 1.29 is 0 Å². The van der Waals surface area contributed by atoms with Crippen molar-refractivity contribution >= 4 is 53.3 Å². The summed E-state index contributed by atoms with van der Waals surface area (Å²) in [5.41, 5.74) is 8.98. The van der Waals surface area contributed by atoms with E-state index < -0.39 is 0 Å². The molecule has 8 aromatic carbocycles. The van der Waals surface area contributed by atoms with Crippen LogP contribution in [0.4, 0.5) is 0 Å². The van der Waals surface area contributed by atoms with Crippen LogP contribution in [0.15, 0.2) is 200 Å². The predicted molar refractivity (Wildman–Crippen MR) is 253 cm³/mol. The van der Waals surface area contributed by atoms with Gasteiger partial charge in [-0.3, -0.25) is 0 Å². The monoisotopic (exact) mass is 811 g/mol. The van der Waals surface area contributed by atoms with Crippen LogP contribution >= 0.6 is 11.3 Å². The molecular weight excluding hydrogens is 779 g/mol. The Hall–Kier alpha value is -8.20. The quantitative estimate of drug-likeness (QED) is 0.159. The molecule has 0 spiro atoms. The van der Waals surface area contributed by atoms with E-state index in [4.69, 9.17) is 29.9 Å². The Balaban J connectivity index is 0.968. The lowest BCUT2D eigenvalue weighted by Gasteiger charge is -2.11. The van der Waals surface area contributed by atoms with E-state index in [1.54, 1.807) is 11.3 Å². The lowest BCUT2D eigenvalue weighted by Crippen LogP contribution is -2.00. The number of hydrogen-bond donors (Lipinski definition) is 0. The summed E-state index contributed by atoms with van der Waals surface area (Å²) in [5.74, 6) is 3.74. The van der Waals surface area contributed by atoms with Crippen molar-refractivity contribution in [2.75, 3.05) is 0 Å². The van der Waals surface area contributed by atoms with Crippen LogP contribution in [0.2, 0.25) is 0 Å². The van der Waals surface area contributed by atoms with Crippen molar-refractivity contribution in [1.82, 2.24) is 34.5 Å². The molecule has 0 fully saturated rings. The second-order valence-corrected chi connectivity index (χ2v) is 16.2. The molecule has 0 aliphatic heterocycles. The highest BCUT2D eigenvalue weighted by atomic mass is 32.1. The maximum Gasteiger partial charge on any atom is 0.165 e. The Morgan fingerprint density at radius 3 is 1.26 bits per heavy atom. The van der Waals surface area contributed by atoms with Crippen molar-refractivity contribution in [3.8, 4) is 74.0 Å². The molecular formula is C54H33N7S. The molecule has 0 N–H and O–H groups in total. The van der Waals surface area contributed by atoms with Crippen LogP contribution in [0.25, 0.3) is 116 Å². The van der Waals surface area contributed by atoms with E-state index in [1.165, 1.54) is 21.8 Å². The number of thiophene rings is 1. The SMILES string of the molecule is c1ccc(-c2nc(-c3ccc(-n4c5ccccc5c5ccccc54)cc3)nc(-c3ccc4c(c3)sc3c(-c5nc(-c6ccccc6)nc(-c6ccccc6)n5)cccc34)n2)cc1. The summed E-state index contributed by atoms with van der Waals surface area (Å²) in [5, 5.41) is 4.75. The minimum Gasteiger partial charge on any atom is -0.309 e. The van der Waals surface area contributed by atoms with E-state index in [9.17, 15) is 0 Å². The number of hydrogen-bond acceptors (Lipinski definition) is 7. The van der Waals surface area contributed by atoms with E-state index in [2.05, 4.69) is 114 Å². The minimum absolute atomic E-state index is 0.609. The fourth-order valence-corrected chi connectivity index (χ4v) is 9.60.